The molecule has 5 heteroatoms. The normalized spacial score (nSPS) is 14.7. The molecule has 112 valence electrons. The van der Waals surface area contributed by atoms with Crippen molar-refractivity contribution in [1.82, 2.24) is 5.32 Å². The van der Waals surface area contributed by atoms with Crippen molar-refractivity contribution in [1.29, 1.82) is 0 Å². The van der Waals surface area contributed by atoms with Crippen LogP contribution in [0, 0.1) is 0 Å². The highest BCUT2D eigenvalue weighted by Crippen LogP contribution is 2.38. The molecule has 0 aliphatic carbocycles. The van der Waals surface area contributed by atoms with E-state index in [9.17, 15) is 18.3 Å². The number of phenolic OH excluding ortho intramolecular Hbond substituents is 1. The molecule has 0 aliphatic heterocycles. The average molecular weight is 295 g/mol. The molecule has 2 nitrogen and oxygen atoms in total. The van der Waals surface area contributed by atoms with Crippen LogP contribution in [0.25, 0.3) is 0 Å². The summed E-state index contributed by atoms with van der Waals surface area (Å²) in [6, 6.07) is 11.9. The maximum absolute atomic E-state index is 13.3. The lowest BCUT2D eigenvalue weighted by molar-refractivity contribution is -0.159. The molecule has 0 saturated carbocycles. The molecule has 21 heavy (non-hydrogen) atoms. The van der Waals surface area contributed by atoms with Crippen molar-refractivity contribution >= 4 is 0 Å². The first kappa shape index (κ1) is 15.4. The number of para-hydroxylation sites is 1. The Morgan fingerprint density at radius 1 is 0.952 bits per heavy atom. The molecule has 0 amide bonds. The Kier molecular flexibility index (Phi) is 4.53. The zero-order valence-electron chi connectivity index (χ0n) is 11.4. The molecule has 0 saturated heterocycles. The zero-order valence-corrected chi connectivity index (χ0v) is 11.4. The van der Waals surface area contributed by atoms with E-state index in [-0.39, 0.29) is 11.3 Å². The van der Waals surface area contributed by atoms with Gasteiger partial charge in [0.05, 0.1) is 0 Å². The van der Waals surface area contributed by atoms with Gasteiger partial charge in [-0.3, -0.25) is 5.32 Å². The van der Waals surface area contributed by atoms with Crippen LogP contribution in [0.15, 0.2) is 54.6 Å². The smallest absolute Gasteiger partial charge is 0.408 e. The molecule has 2 N–H and O–H groups in total. The Labute approximate surface area is 121 Å². The van der Waals surface area contributed by atoms with Gasteiger partial charge in [0.25, 0.3) is 0 Å². The van der Waals surface area contributed by atoms with Crippen molar-refractivity contribution in [2.24, 2.45) is 0 Å². The van der Waals surface area contributed by atoms with Gasteiger partial charge in [0.1, 0.15) is 11.8 Å². The number of aromatic hydroxyl groups is 1. The first-order chi connectivity index (χ1) is 9.89. The molecule has 0 radical (unpaired) electrons. The van der Waals surface area contributed by atoms with E-state index in [1.54, 1.807) is 37.3 Å². The molecule has 0 aliphatic rings. The largest absolute Gasteiger partial charge is 0.508 e. The molecule has 0 spiro atoms. The SMILES string of the molecule is C[C@H](NC(c1ccccc1O)C(F)(F)F)c1ccccc1. The molecule has 0 fully saturated rings. The summed E-state index contributed by atoms with van der Waals surface area (Å²) < 4.78 is 39.9. The highest BCUT2D eigenvalue weighted by molar-refractivity contribution is 5.35. The Morgan fingerprint density at radius 3 is 2.10 bits per heavy atom. The second-order valence-corrected chi connectivity index (χ2v) is 4.83. The topological polar surface area (TPSA) is 32.3 Å². The number of halogens is 3. The number of hydrogen-bond acceptors (Lipinski definition) is 2. The highest BCUT2D eigenvalue weighted by Gasteiger charge is 2.42. The minimum absolute atomic E-state index is 0.173. The van der Waals surface area contributed by atoms with Crippen molar-refractivity contribution in [3.8, 4) is 5.75 Å². The van der Waals surface area contributed by atoms with Gasteiger partial charge in [-0.1, -0.05) is 48.5 Å². The molecule has 1 unspecified atom stereocenters. The van der Waals surface area contributed by atoms with Gasteiger partial charge in [-0.15, -0.1) is 0 Å². The van der Waals surface area contributed by atoms with Crippen LogP contribution in [0.2, 0.25) is 0 Å². The minimum Gasteiger partial charge on any atom is -0.508 e. The summed E-state index contributed by atoms with van der Waals surface area (Å²) in [7, 11) is 0. The first-order valence-corrected chi connectivity index (χ1v) is 6.55. The molecule has 0 heterocycles. The maximum Gasteiger partial charge on any atom is 0.408 e. The number of nitrogens with one attached hydrogen (secondary N) is 1. The van der Waals surface area contributed by atoms with Crippen LogP contribution >= 0.6 is 0 Å². The van der Waals surface area contributed by atoms with Gasteiger partial charge >= 0.3 is 6.18 Å². The van der Waals surface area contributed by atoms with Crippen LogP contribution in [0.5, 0.6) is 5.75 Å². The summed E-state index contributed by atoms with van der Waals surface area (Å²) in [5.41, 5.74) is 0.579. The predicted octanol–water partition coefficient (Wildman–Crippen LogP) is 4.35. The van der Waals surface area contributed by atoms with Crippen LogP contribution < -0.4 is 5.32 Å². The van der Waals surface area contributed by atoms with Crippen molar-refractivity contribution in [3.63, 3.8) is 0 Å². The monoisotopic (exact) mass is 295 g/mol. The molecule has 2 aromatic carbocycles. The summed E-state index contributed by atoms with van der Waals surface area (Å²) in [6.07, 6.45) is -4.50. The highest BCUT2D eigenvalue weighted by atomic mass is 19.4. The van der Waals surface area contributed by atoms with Crippen LogP contribution in [-0.2, 0) is 0 Å². The molecule has 0 bridgehead atoms. The van der Waals surface area contributed by atoms with Gasteiger partial charge in [-0.05, 0) is 18.6 Å². The third-order valence-corrected chi connectivity index (χ3v) is 3.29. The predicted molar refractivity (Wildman–Crippen MR) is 74.9 cm³/mol. The van der Waals surface area contributed by atoms with E-state index in [0.717, 1.165) is 5.56 Å². The van der Waals surface area contributed by atoms with Crippen molar-refractivity contribution in [2.75, 3.05) is 0 Å². The molecule has 2 atom stereocenters. The van der Waals surface area contributed by atoms with E-state index in [4.69, 9.17) is 0 Å². The van der Waals surface area contributed by atoms with Crippen LogP contribution in [0.3, 0.4) is 0 Å². The average Bonchev–Trinajstić information content (AvgIpc) is 2.45. The number of hydrogen-bond donors (Lipinski definition) is 2. The summed E-state index contributed by atoms with van der Waals surface area (Å²) in [6.45, 7) is 1.66. The number of phenols is 1. The van der Waals surface area contributed by atoms with Gasteiger partial charge < -0.3 is 5.11 Å². The quantitative estimate of drug-likeness (QED) is 0.879. The summed E-state index contributed by atoms with van der Waals surface area (Å²) in [5.74, 6) is -0.368. The van der Waals surface area contributed by atoms with E-state index in [2.05, 4.69) is 5.32 Å². The molecule has 0 aromatic heterocycles. The third kappa shape index (κ3) is 3.76. The Bertz CT molecular complexity index is 584. The van der Waals surface area contributed by atoms with Gasteiger partial charge in [0.15, 0.2) is 0 Å². The lowest BCUT2D eigenvalue weighted by Crippen LogP contribution is -2.35. The number of benzene rings is 2. The number of rotatable bonds is 4. The van der Waals surface area contributed by atoms with Crippen LogP contribution in [-0.4, -0.2) is 11.3 Å². The summed E-state index contributed by atoms with van der Waals surface area (Å²) in [4.78, 5) is 0. The fraction of sp³-hybridized carbons (Fsp3) is 0.250. The third-order valence-electron chi connectivity index (χ3n) is 3.29. The Balaban J connectivity index is 2.29. The second-order valence-electron chi connectivity index (χ2n) is 4.83. The summed E-state index contributed by atoms with van der Waals surface area (Å²) in [5, 5.41) is 12.2. The fourth-order valence-corrected chi connectivity index (χ4v) is 2.18. The number of alkyl halides is 3. The van der Waals surface area contributed by atoms with E-state index >= 15 is 0 Å². The Hall–Kier alpha value is -2.01. The van der Waals surface area contributed by atoms with E-state index in [1.165, 1.54) is 24.3 Å². The first-order valence-electron chi connectivity index (χ1n) is 6.55. The maximum atomic E-state index is 13.3. The molecular weight excluding hydrogens is 279 g/mol. The van der Waals surface area contributed by atoms with Gasteiger partial charge in [-0.25, -0.2) is 0 Å². The molecule has 2 rings (SSSR count). The van der Waals surface area contributed by atoms with Crippen molar-refractivity contribution in [2.45, 2.75) is 25.2 Å². The molecular formula is C16H16F3NO. The lowest BCUT2D eigenvalue weighted by Gasteiger charge is -2.26. The minimum atomic E-state index is -4.50. The second kappa shape index (κ2) is 6.18. The standard InChI is InChI=1S/C16H16F3NO/c1-11(12-7-3-2-4-8-12)20-15(16(17,18)19)13-9-5-6-10-14(13)21/h2-11,15,20-21H,1H3/t11-,15?/m0/s1. The van der Waals surface area contributed by atoms with E-state index in [1.807, 2.05) is 0 Å². The van der Waals surface area contributed by atoms with Gasteiger partial charge in [0, 0.05) is 11.6 Å². The van der Waals surface area contributed by atoms with Crippen LogP contribution in [0.4, 0.5) is 13.2 Å². The van der Waals surface area contributed by atoms with Crippen molar-refractivity contribution in [3.05, 3.63) is 65.7 Å². The van der Waals surface area contributed by atoms with E-state index in [0.29, 0.717) is 0 Å². The van der Waals surface area contributed by atoms with Crippen LogP contribution in [0.1, 0.15) is 30.1 Å². The van der Waals surface area contributed by atoms with Crippen molar-refractivity contribution < 1.29 is 18.3 Å². The van der Waals surface area contributed by atoms with Gasteiger partial charge in [0.2, 0.25) is 0 Å². The fourth-order valence-electron chi connectivity index (χ4n) is 2.18. The zero-order chi connectivity index (χ0) is 15.5. The Morgan fingerprint density at radius 2 is 1.52 bits per heavy atom. The lowest BCUT2D eigenvalue weighted by atomic mass is 10.0. The summed E-state index contributed by atoms with van der Waals surface area (Å²) >= 11 is 0. The molecule has 2 aromatic rings. The van der Waals surface area contributed by atoms with Gasteiger partial charge in [-0.2, -0.15) is 13.2 Å². The van der Waals surface area contributed by atoms with E-state index < -0.39 is 18.3 Å².